The summed E-state index contributed by atoms with van der Waals surface area (Å²) in [5.74, 6) is -0.546. The van der Waals surface area contributed by atoms with Gasteiger partial charge < -0.3 is 4.57 Å². The van der Waals surface area contributed by atoms with Gasteiger partial charge in [0.25, 0.3) is 15.9 Å². The van der Waals surface area contributed by atoms with Crippen molar-refractivity contribution in [1.29, 1.82) is 0 Å². The standard InChI is InChI=1S/C31H34N4O3S/c1-21-8-13-28(14-9-21)35-25(5)18-27(26(35)6)19-32-33-31(36)20-34(30-17-23(3)7-12-24(30)4)39(37,38)29-15-10-22(2)11-16-29/h7-19H,20H2,1-6H3,(H,33,36)/b32-19-. The number of nitrogens with zero attached hydrogens (tertiary/aromatic N) is 3. The summed E-state index contributed by atoms with van der Waals surface area (Å²) in [6.07, 6.45) is 1.58. The molecule has 8 heteroatoms. The molecule has 0 spiro atoms. The molecule has 0 radical (unpaired) electrons. The second-order valence-corrected chi connectivity index (χ2v) is 11.8. The van der Waals surface area contributed by atoms with Gasteiger partial charge in [-0.2, -0.15) is 5.10 Å². The zero-order chi connectivity index (χ0) is 28.3. The minimum atomic E-state index is -4.01. The van der Waals surface area contributed by atoms with Gasteiger partial charge in [0, 0.05) is 22.6 Å². The zero-order valence-corrected chi connectivity index (χ0v) is 24.0. The van der Waals surface area contributed by atoms with Crippen molar-refractivity contribution in [3.05, 3.63) is 112 Å². The first-order chi connectivity index (χ1) is 18.5. The lowest BCUT2D eigenvalue weighted by molar-refractivity contribution is -0.119. The van der Waals surface area contributed by atoms with Gasteiger partial charge >= 0.3 is 0 Å². The predicted octanol–water partition coefficient (Wildman–Crippen LogP) is 5.67. The first-order valence-corrected chi connectivity index (χ1v) is 14.2. The number of sulfonamides is 1. The Morgan fingerprint density at radius 2 is 1.44 bits per heavy atom. The van der Waals surface area contributed by atoms with Gasteiger partial charge in [-0.25, -0.2) is 13.8 Å². The van der Waals surface area contributed by atoms with Crippen molar-refractivity contribution >= 4 is 27.8 Å². The van der Waals surface area contributed by atoms with Crippen LogP contribution in [-0.2, 0) is 14.8 Å². The number of anilines is 1. The molecule has 39 heavy (non-hydrogen) atoms. The fourth-order valence-corrected chi connectivity index (χ4v) is 5.95. The van der Waals surface area contributed by atoms with Gasteiger partial charge in [-0.3, -0.25) is 9.10 Å². The van der Waals surface area contributed by atoms with Crippen LogP contribution in [0.3, 0.4) is 0 Å². The van der Waals surface area contributed by atoms with Gasteiger partial charge in [-0.05, 0) is 89.1 Å². The van der Waals surface area contributed by atoms with Crippen LogP contribution in [0.25, 0.3) is 5.69 Å². The molecule has 0 fully saturated rings. The van der Waals surface area contributed by atoms with E-state index in [-0.39, 0.29) is 4.90 Å². The Morgan fingerprint density at radius 1 is 0.846 bits per heavy atom. The first-order valence-electron chi connectivity index (χ1n) is 12.7. The van der Waals surface area contributed by atoms with Gasteiger partial charge in [-0.1, -0.05) is 47.5 Å². The van der Waals surface area contributed by atoms with Crippen molar-refractivity contribution in [2.45, 2.75) is 46.4 Å². The third kappa shape index (κ3) is 6.12. The van der Waals surface area contributed by atoms with Crippen LogP contribution >= 0.6 is 0 Å². The maximum absolute atomic E-state index is 13.7. The number of aryl methyl sites for hydroxylation is 5. The molecular weight excluding hydrogens is 508 g/mol. The Labute approximate surface area is 230 Å². The molecule has 7 nitrogen and oxygen atoms in total. The molecule has 0 bridgehead atoms. The summed E-state index contributed by atoms with van der Waals surface area (Å²) in [4.78, 5) is 13.1. The van der Waals surface area contributed by atoms with E-state index in [0.29, 0.717) is 5.69 Å². The van der Waals surface area contributed by atoms with Crippen LogP contribution in [0.4, 0.5) is 5.69 Å². The summed E-state index contributed by atoms with van der Waals surface area (Å²) >= 11 is 0. The number of nitrogens with one attached hydrogen (secondary N) is 1. The minimum Gasteiger partial charge on any atom is -0.318 e. The highest BCUT2D eigenvalue weighted by molar-refractivity contribution is 7.92. The smallest absolute Gasteiger partial charge is 0.264 e. The molecule has 4 rings (SSSR count). The molecule has 3 aromatic carbocycles. The molecule has 0 unspecified atom stereocenters. The highest BCUT2D eigenvalue weighted by atomic mass is 32.2. The van der Waals surface area contributed by atoms with Gasteiger partial charge in [-0.15, -0.1) is 0 Å². The summed E-state index contributed by atoms with van der Waals surface area (Å²) in [5, 5.41) is 4.16. The number of hydrogen-bond donors (Lipinski definition) is 1. The average Bonchev–Trinajstić information content (AvgIpc) is 3.17. The number of amides is 1. The third-order valence-corrected chi connectivity index (χ3v) is 8.46. The van der Waals surface area contributed by atoms with Gasteiger partial charge in [0.05, 0.1) is 16.8 Å². The first kappa shape index (κ1) is 27.9. The van der Waals surface area contributed by atoms with Crippen LogP contribution in [0.15, 0.2) is 82.8 Å². The van der Waals surface area contributed by atoms with Gasteiger partial charge in [0.1, 0.15) is 6.54 Å². The Balaban J connectivity index is 1.58. The molecule has 0 aliphatic carbocycles. The van der Waals surface area contributed by atoms with Crippen LogP contribution in [0.5, 0.6) is 0 Å². The number of aromatic nitrogens is 1. The quantitative estimate of drug-likeness (QED) is 0.230. The predicted molar refractivity (Wildman–Crippen MR) is 157 cm³/mol. The van der Waals surface area contributed by atoms with Crippen LogP contribution < -0.4 is 9.73 Å². The van der Waals surface area contributed by atoms with Crippen molar-refractivity contribution in [3.63, 3.8) is 0 Å². The SMILES string of the molecule is Cc1ccc(-n2c(C)cc(/C=N\NC(=O)CN(c3cc(C)ccc3C)S(=O)(=O)c3ccc(C)cc3)c2C)cc1. The monoisotopic (exact) mass is 542 g/mol. The lowest BCUT2D eigenvalue weighted by atomic mass is 10.1. The molecule has 1 amide bonds. The van der Waals surface area contributed by atoms with Crippen molar-refractivity contribution in [3.8, 4) is 5.69 Å². The Hall–Kier alpha value is -4.17. The summed E-state index contributed by atoms with van der Waals surface area (Å²) in [5.41, 5.74) is 10.7. The van der Waals surface area contributed by atoms with E-state index in [2.05, 4.69) is 39.4 Å². The van der Waals surface area contributed by atoms with Gasteiger partial charge in [0.15, 0.2) is 0 Å². The van der Waals surface area contributed by atoms with E-state index >= 15 is 0 Å². The molecule has 0 aliphatic heterocycles. The molecular formula is C31H34N4O3S. The maximum Gasteiger partial charge on any atom is 0.264 e. The van der Waals surface area contributed by atoms with Crippen LogP contribution in [-0.4, -0.2) is 31.7 Å². The molecule has 0 atom stereocenters. The minimum absolute atomic E-state index is 0.119. The molecule has 1 heterocycles. The molecule has 0 saturated carbocycles. The van der Waals surface area contributed by atoms with Crippen molar-refractivity contribution < 1.29 is 13.2 Å². The second-order valence-electron chi connectivity index (χ2n) is 9.91. The summed E-state index contributed by atoms with van der Waals surface area (Å²) in [6, 6.07) is 22.4. The number of rotatable bonds is 8. The second kappa shape index (κ2) is 11.3. The van der Waals surface area contributed by atoms with Gasteiger partial charge in [0.2, 0.25) is 0 Å². The number of hydrazone groups is 1. The lowest BCUT2D eigenvalue weighted by Gasteiger charge is -2.25. The van der Waals surface area contributed by atoms with Crippen LogP contribution in [0.1, 0.15) is 39.2 Å². The Kier molecular flexibility index (Phi) is 8.06. The molecule has 0 saturated heterocycles. The molecule has 1 aromatic heterocycles. The third-order valence-electron chi connectivity index (χ3n) is 6.68. The topological polar surface area (TPSA) is 83.8 Å². The summed E-state index contributed by atoms with van der Waals surface area (Å²) < 4.78 is 30.6. The van der Waals surface area contributed by atoms with E-state index in [0.717, 1.165) is 43.6 Å². The van der Waals surface area contributed by atoms with E-state index in [9.17, 15) is 13.2 Å². The Morgan fingerprint density at radius 3 is 2.08 bits per heavy atom. The van der Waals surface area contributed by atoms with E-state index < -0.39 is 22.5 Å². The zero-order valence-electron chi connectivity index (χ0n) is 23.2. The molecule has 202 valence electrons. The van der Waals surface area contributed by atoms with E-state index in [1.165, 1.54) is 5.56 Å². The number of hydrogen-bond acceptors (Lipinski definition) is 4. The maximum atomic E-state index is 13.7. The molecule has 4 aromatic rings. The van der Waals surface area contributed by atoms with Crippen molar-refractivity contribution in [2.75, 3.05) is 10.8 Å². The number of carbonyl (C=O) groups excluding carboxylic acids is 1. The van der Waals surface area contributed by atoms with Crippen LogP contribution in [0.2, 0.25) is 0 Å². The van der Waals surface area contributed by atoms with E-state index in [4.69, 9.17) is 0 Å². The number of carbonyl (C=O) groups is 1. The fourth-order valence-electron chi connectivity index (χ4n) is 4.47. The highest BCUT2D eigenvalue weighted by Gasteiger charge is 2.28. The van der Waals surface area contributed by atoms with Crippen molar-refractivity contribution in [1.82, 2.24) is 9.99 Å². The van der Waals surface area contributed by atoms with E-state index in [1.54, 1.807) is 36.5 Å². The van der Waals surface area contributed by atoms with Crippen molar-refractivity contribution in [2.24, 2.45) is 5.10 Å². The Bertz CT molecular complexity index is 1630. The average molecular weight is 543 g/mol. The lowest BCUT2D eigenvalue weighted by Crippen LogP contribution is -2.40. The highest BCUT2D eigenvalue weighted by Crippen LogP contribution is 2.28. The summed E-state index contributed by atoms with van der Waals surface area (Å²) in [6.45, 7) is 11.2. The molecule has 1 N–H and O–H groups in total. The summed E-state index contributed by atoms with van der Waals surface area (Å²) in [7, 11) is -4.01. The van der Waals surface area contributed by atoms with Crippen LogP contribution in [0, 0.1) is 41.5 Å². The molecule has 0 aliphatic rings. The largest absolute Gasteiger partial charge is 0.318 e. The fraction of sp³-hybridized carbons (Fsp3) is 0.226. The normalized spacial score (nSPS) is 11.6. The number of benzene rings is 3. The van der Waals surface area contributed by atoms with E-state index in [1.807, 2.05) is 59.7 Å².